The molecule has 1 nitrogen and oxygen atoms in total. The molecule has 0 aliphatic heterocycles. The molecule has 0 aromatic rings. The molecular weight excluding hydrogens is 277 g/mol. The fraction of sp³-hybridized carbons (Fsp3) is 1.00. The van der Waals surface area contributed by atoms with Crippen LogP contribution in [0.3, 0.4) is 0 Å². The van der Waals surface area contributed by atoms with Crippen molar-refractivity contribution in [3.05, 3.63) is 5.73 Å². The molecule has 0 aliphatic rings. The summed E-state index contributed by atoms with van der Waals surface area (Å²) in [6.45, 7) is 3.67. The summed E-state index contributed by atoms with van der Waals surface area (Å²) in [5.74, 6) is 0. The first-order valence-electron chi connectivity index (χ1n) is 1.44. The maximum absolute atomic E-state index is 6.58. The van der Waals surface area contributed by atoms with Crippen LogP contribution in [0, 0.1) is 44.1 Å². The average Bonchev–Trinajstić information content (AvgIpc) is 0.811. The van der Waals surface area contributed by atoms with Crippen molar-refractivity contribution in [1.82, 2.24) is 0 Å². The largest absolute Gasteiger partial charge is 0.675 e. The Morgan fingerprint density at radius 2 is 1.40 bits per heavy atom. The first-order valence-corrected chi connectivity index (χ1v) is 1.44. The Balaban J connectivity index is 0. The van der Waals surface area contributed by atoms with Gasteiger partial charge < -0.3 is 5.73 Å². The minimum atomic E-state index is 0. The van der Waals surface area contributed by atoms with E-state index in [0.29, 0.717) is 0 Å². The molecule has 0 saturated carbocycles. The Kier molecular flexibility index (Phi) is 10.4. The Morgan fingerprint density at radius 3 is 1.40 bits per heavy atom. The van der Waals surface area contributed by atoms with Crippen LogP contribution in [0.5, 0.6) is 0 Å². The molecule has 0 amide bonds. The van der Waals surface area contributed by atoms with Gasteiger partial charge in [-0.15, -0.1) is 6.04 Å². The zero-order chi connectivity index (χ0) is 3.58. The summed E-state index contributed by atoms with van der Waals surface area (Å²) in [6, 6.07) is 0.0833. The predicted molar refractivity (Wildman–Crippen MR) is 19.5 cm³/mol. The average molecular weight is 285 g/mol. The van der Waals surface area contributed by atoms with Crippen molar-refractivity contribution in [1.29, 1.82) is 0 Å². The summed E-state index contributed by atoms with van der Waals surface area (Å²) >= 11 is 0. The standard InChI is InChI=1S/C3H8N.Ac/c1-3(2)4;/h3-4H,1-2H3;/q-1;. The second kappa shape index (κ2) is 5.40. The molecule has 0 bridgehead atoms. The van der Waals surface area contributed by atoms with Gasteiger partial charge in [-0.3, -0.25) is 0 Å². The van der Waals surface area contributed by atoms with Crippen LogP contribution in [-0.4, -0.2) is 6.04 Å². The van der Waals surface area contributed by atoms with Gasteiger partial charge in [0.25, 0.3) is 0 Å². The van der Waals surface area contributed by atoms with E-state index < -0.39 is 0 Å². The van der Waals surface area contributed by atoms with Crippen molar-refractivity contribution < 1.29 is 44.1 Å². The third kappa shape index (κ3) is 31.8. The van der Waals surface area contributed by atoms with Crippen LogP contribution >= 0.6 is 0 Å². The van der Waals surface area contributed by atoms with Crippen molar-refractivity contribution >= 4 is 0 Å². The van der Waals surface area contributed by atoms with E-state index >= 15 is 0 Å². The summed E-state index contributed by atoms with van der Waals surface area (Å²) in [4.78, 5) is 0. The van der Waals surface area contributed by atoms with E-state index in [1.54, 1.807) is 0 Å². The van der Waals surface area contributed by atoms with E-state index in [9.17, 15) is 0 Å². The van der Waals surface area contributed by atoms with E-state index in [2.05, 4.69) is 0 Å². The van der Waals surface area contributed by atoms with Crippen molar-refractivity contribution in [3.8, 4) is 0 Å². The van der Waals surface area contributed by atoms with Gasteiger partial charge in [0.1, 0.15) is 0 Å². The van der Waals surface area contributed by atoms with Gasteiger partial charge in [0.2, 0.25) is 0 Å². The van der Waals surface area contributed by atoms with Gasteiger partial charge in [0.05, 0.1) is 0 Å². The Labute approximate surface area is 68.9 Å². The molecule has 0 unspecified atom stereocenters. The molecule has 1 radical (unpaired) electrons. The molecule has 29 valence electrons. The van der Waals surface area contributed by atoms with Gasteiger partial charge in [0, 0.05) is 44.1 Å². The fourth-order valence-electron chi connectivity index (χ4n) is 0. The Hall–Kier alpha value is 1.40. The molecule has 2 heteroatoms. The summed E-state index contributed by atoms with van der Waals surface area (Å²) in [6.07, 6.45) is 0. The predicted octanol–water partition coefficient (Wildman–Crippen LogP) is 1.45. The van der Waals surface area contributed by atoms with Gasteiger partial charge in [-0.2, -0.15) is 0 Å². The molecule has 0 aromatic carbocycles. The van der Waals surface area contributed by atoms with Crippen LogP contribution in [0.2, 0.25) is 0 Å². The van der Waals surface area contributed by atoms with Crippen molar-refractivity contribution in [2.45, 2.75) is 19.9 Å². The molecular formula is C3H8AcN-. The maximum atomic E-state index is 6.58. The number of rotatable bonds is 0. The van der Waals surface area contributed by atoms with E-state index in [-0.39, 0.29) is 50.1 Å². The fourth-order valence-corrected chi connectivity index (χ4v) is 0. The zero-order valence-corrected chi connectivity index (χ0v) is 8.40. The third-order valence-corrected chi connectivity index (χ3v) is 0. The molecule has 0 fully saturated rings. The molecule has 0 heterocycles. The quantitative estimate of drug-likeness (QED) is 0.643. The summed E-state index contributed by atoms with van der Waals surface area (Å²) in [5, 5.41) is 0. The normalized spacial score (nSPS) is 7.20. The number of nitrogens with one attached hydrogen (secondary N) is 1. The number of hydrogen-bond acceptors (Lipinski definition) is 0. The molecule has 0 atom stereocenters. The van der Waals surface area contributed by atoms with Gasteiger partial charge in [0.15, 0.2) is 0 Å². The zero-order valence-electron chi connectivity index (χ0n) is 3.65. The van der Waals surface area contributed by atoms with Crippen LogP contribution in [0.25, 0.3) is 5.73 Å². The van der Waals surface area contributed by atoms with Gasteiger partial charge >= 0.3 is 0 Å². The van der Waals surface area contributed by atoms with Crippen LogP contribution < -0.4 is 0 Å². The topological polar surface area (TPSA) is 23.8 Å². The first kappa shape index (κ1) is 9.64. The van der Waals surface area contributed by atoms with Gasteiger partial charge in [-0.05, 0) is 0 Å². The number of hydrogen-bond donors (Lipinski definition) is 0. The summed E-state index contributed by atoms with van der Waals surface area (Å²) in [5.41, 5.74) is 6.58. The minimum Gasteiger partial charge on any atom is -0.675 e. The molecule has 0 saturated heterocycles. The molecule has 0 aliphatic carbocycles. The maximum Gasteiger partial charge on any atom is 0 e. The van der Waals surface area contributed by atoms with Crippen LogP contribution in [0.4, 0.5) is 0 Å². The van der Waals surface area contributed by atoms with Crippen LogP contribution in [0.15, 0.2) is 0 Å². The van der Waals surface area contributed by atoms with Crippen molar-refractivity contribution in [2.24, 2.45) is 0 Å². The monoisotopic (exact) mass is 285 g/mol. The first-order chi connectivity index (χ1) is 1.73. The van der Waals surface area contributed by atoms with Gasteiger partial charge in [-0.25, -0.2) is 0 Å². The van der Waals surface area contributed by atoms with Crippen molar-refractivity contribution in [2.75, 3.05) is 0 Å². The Bertz CT molecular complexity index is 11.6. The summed E-state index contributed by atoms with van der Waals surface area (Å²) < 4.78 is 0. The second-order valence-corrected chi connectivity index (χ2v) is 1.15. The van der Waals surface area contributed by atoms with Crippen LogP contribution in [-0.2, 0) is 0 Å². The third-order valence-electron chi connectivity index (χ3n) is 0. The second-order valence-electron chi connectivity index (χ2n) is 1.15. The van der Waals surface area contributed by atoms with E-state index in [1.165, 1.54) is 0 Å². The molecule has 5 heavy (non-hydrogen) atoms. The Morgan fingerprint density at radius 1 is 1.40 bits per heavy atom. The molecule has 0 aromatic heterocycles. The summed E-state index contributed by atoms with van der Waals surface area (Å²) in [7, 11) is 0. The van der Waals surface area contributed by atoms with Crippen molar-refractivity contribution in [3.63, 3.8) is 0 Å². The van der Waals surface area contributed by atoms with E-state index in [0.717, 1.165) is 0 Å². The van der Waals surface area contributed by atoms with E-state index in [1.807, 2.05) is 13.8 Å². The van der Waals surface area contributed by atoms with Crippen LogP contribution in [0.1, 0.15) is 13.8 Å². The SMILES string of the molecule is CC(C)[NH-].[Ac]. The molecule has 0 spiro atoms. The van der Waals surface area contributed by atoms with Gasteiger partial charge in [-0.1, -0.05) is 13.8 Å². The molecule has 1 N–H and O–H groups in total. The smallest absolute Gasteiger partial charge is 0 e. The molecule has 0 rings (SSSR count). The minimum absolute atomic E-state index is 0. The van der Waals surface area contributed by atoms with E-state index in [4.69, 9.17) is 5.73 Å².